The van der Waals surface area contributed by atoms with Gasteiger partial charge in [-0.25, -0.2) is 13.8 Å². The van der Waals surface area contributed by atoms with Crippen molar-refractivity contribution >= 4 is 27.8 Å². The topological polar surface area (TPSA) is 93.0 Å². The number of nitrogens with one attached hydrogen (secondary N) is 1. The molecule has 0 aliphatic carbocycles. The normalized spacial score (nSPS) is 11.6. The first kappa shape index (κ1) is 29.6. The smallest absolute Gasteiger partial charge is 0.264 e. The predicted octanol–water partition coefficient (Wildman–Crippen LogP) is 5.76. The van der Waals surface area contributed by atoms with Gasteiger partial charge in [-0.05, 0) is 107 Å². The molecule has 9 heteroatoms. The van der Waals surface area contributed by atoms with Gasteiger partial charge in [0.1, 0.15) is 12.3 Å². The third-order valence-electron chi connectivity index (χ3n) is 6.66. The molecule has 1 N–H and O–H groups in total. The number of aryl methyl sites for hydroxylation is 4. The molecule has 0 aliphatic heterocycles. The van der Waals surface area contributed by atoms with Crippen LogP contribution in [0.1, 0.15) is 40.6 Å². The summed E-state index contributed by atoms with van der Waals surface area (Å²) in [6.45, 7) is 11.9. The molecule has 214 valence electrons. The van der Waals surface area contributed by atoms with Crippen molar-refractivity contribution in [1.29, 1.82) is 0 Å². The summed E-state index contributed by atoms with van der Waals surface area (Å²) in [7, 11) is -4.04. The molecule has 1 amide bonds. The number of hydrogen-bond acceptors (Lipinski definition) is 5. The van der Waals surface area contributed by atoms with Gasteiger partial charge in [0.05, 0.1) is 23.4 Å². The van der Waals surface area contributed by atoms with E-state index in [0.717, 1.165) is 32.5 Å². The van der Waals surface area contributed by atoms with Gasteiger partial charge in [0.2, 0.25) is 0 Å². The molecular weight excluding hydrogens is 536 g/mol. The van der Waals surface area contributed by atoms with Crippen LogP contribution in [0.5, 0.6) is 5.75 Å². The van der Waals surface area contributed by atoms with Gasteiger partial charge >= 0.3 is 0 Å². The van der Waals surface area contributed by atoms with E-state index in [1.54, 1.807) is 42.6 Å². The van der Waals surface area contributed by atoms with Gasteiger partial charge in [-0.1, -0.05) is 23.8 Å². The fraction of sp³-hybridized carbons (Fsp3) is 0.250. The Labute approximate surface area is 242 Å². The maximum Gasteiger partial charge on any atom is 0.264 e. The SMILES string of the molecule is CCOc1ccc(N(CC(=O)N/N=C\c2cc(C)n(-c3cc(C)cc(C)c3)c2C)S(=O)(=O)c2ccc(C)cc2)cc1. The maximum absolute atomic E-state index is 13.6. The van der Waals surface area contributed by atoms with Crippen molar-refractivity contribution in [1.82, 2.24) is 9.99 Å². The first-order valence-corrected chi connectivity index (χ1v) is 14.9. The Balaban J connectivity index is 1.56. The van der Waals surface area contributed by atoms with E-state index in [1.807, 2.05) is 33.8 Å². The molecule has 8 nitrogen and oxygen atoms in total. The Morgan fingerprint density at radius 2 is 1.54 bits per heavy atom. The molecule has 4 aromatic rings. The molecule has 1 heterocycles. The van der Waals surface area contributed by atoms with Crippen LogP contribution in [0.25, 0.3) is 5.69 Å². The number of hydrazone groups is 1. The van der Waals surface area contributed by atoms with Crippen LogP contribution in [0.3, 0.4) is 0 Å². The quantitative estimate of drug-likeness (QED) is 0.193. The molecule has 0 bridgehead atoms. The van der Waals surface area contributed by atoms with E-state index in [-0.39, 0.29) is 4.90 Å². The predicted molar refractivity (Wildman–Crippen MR) is 164 cm³/mol. The number of aromatic nitrogens is 1. The van der Waals surface area contributed by atoms with Crippen molar-refractivity contribution in [2.24, 2.45) is 5.10 Å². The highest BCUT2D eigenvalue weighted by atomic mass is 32.2. The van der Waals surface area contributed by atoms with Crippen molar-refractivity contribution in [3.63, 3.8) is 0 Å². The number of hydrogen-bond donors (Lipinski definition) is 1. The summed E-state index contributed by atoms with van der Waals surface area (Å²) >= 11 is 0. The van der Waals surface area contributed by atoms with Crippen LogP contribution in [0.15, 0.2) is 82.8 Å². The zero-order valence-corrected chi connectivity index (χ0v) is 25.1. The number of carbonyl (C=O) groups excluding carboxylic acids is 1. The van der Waals surface area contributed by atoms with Crippen molar-refractivity contribution < 1.29 is 17.9 Å². The summed E-state index contributed by atoms with van der Waals surface area (Å²) in [5, 5.41) is 4.16. The lowest BCUT2D eigenvalue weighted by Gasteiger charge is -2.24. The first-order valence-electron chi connectivity index (χ1n) is 13.4. The minimum absolute atomic E-state index is 0.0899. The number of ether oxygens (including phenoxy) is 1. The lowest BCUT2D eigenvalue weighted by molar-refractivity contribution is -0.119. The highest BCUT2D eigenvalue weighted by Crippen LogP contribution is 2.26. The lowest BCUT2D eigenvalue weighted by Crippen LogP contribution is -2.39. The van der Waals surface area contributed by atoms with Crippen LogP contribution >= 0.6 is 0 Å². The first-order chi connectivity index (χ1) is 19.5. The zero-order valence-electron chi connectivity index (χ0n) is 24.3. The van der Waals surface area contributed by atoms with Crippen molar-refractivity contribution in [2.45, 2.75) is 46.4 Å². The minimum Gasteiger partial charge on any atom is -0.494 e. The zero-order chi connectivity index (χ0) is 29.7. The fourth-order valence-corrected chi connectivity index (χ4v) is 6.18. The van der Waals surface area contributed by atoms with Crippen LogP contribution in [0.4, 0.5) is 5.69 Å². The second kappa shape index (κ2) is 12.4. The summed E-state index contributed by atoms with van der Waals surface area (Å²) < 4.78 is 36.0. The highest BCUT2D eigenvalue weighted by Gasteiger charge is 2.27. The summed E-state index contributed by atoms with van der Waals surface area (Å²) in [5.41, 5.74) is 10.0. The van der Waals surface area contributed by atoms with E-state index in [0.29, 0.717) is 18.0 Å². The molecule has 3 aromatic carbocycles. The van der Waals surface area contributed by atoms with Gasteiger partial charge in [-0.15, -0.1) is 0 Å². The Hall–Kier alpha value is -4.37. The molecule has 1 aromatic heterocycles. The number of sulfonamides is 1. The average molecular weight is 573 g/mol. The summed E-state index contributed by atoms with van der Waals surface area (Å²) in [4.78, 5) is 13.1. The van der Waals surface area contributed by atoms with Gasteiger partial charge in [-0.2, -0.15) is 5.10 Å². The monoisotopic (exact) mass is 572 g/mol. The van der Waals surface area contributed by atoms with E-state index in [4.69, 9.17) is 4.74 Å². The number of amides is 1. The van der Waals surface area contributed by atoms with Gasteiger partial charge < -0.3 is 9.30 Å². The third-order valence-corrected chi connectivity index (χ3v) is 8.45. The molecule has 0 atom stereocenters. The van der Waals surface area contributed by atoms with E-state index in [2.05, 4.69) is 47.1 Å². The second-order valence-electron chi connectivity index (χ2n) is 10.1. The highest BCUT2D eigenvalue weighted by molar-refractivity contribution is 7.92. The molecule has 0 aliphatic rings. The van der Waals surface area contributed by atoms with Crippen molar-refractivity contribution in [3.8, 4) is 11.4 Å². The third kappa shape index (κ3) is 6.86. The second-order valence-corrected chi connectivity index (χ2v) is 11.9. The Morgan fingerprint density at radius 1 is 0.902 bits per heavy atom. The molecule has 0 fully saturated rings. The molecule has 0 radical (unpaired) electrons. The lowest BCUT2D eigenvalue weighted by atomic mass is 10.1. The van der Waals surface area contributed by atoms with Gasteiger partial charge in [-0.3, -0.25) is 9.10 Å². The number of anilines is 1. The van der Waals surface area contributed by atoms with Gasteiger partial charge in [0.15, 0.2) is 0 Å². The molecular formula is C32H36N4O4S. The van der Waals surface area contributed by atoms with E-state index in [9.17, 15) is 13.2 Å². The largest absolute Gasteiger partial charge is 0.494 e. The summed E-state index contributed by atoms with van der Waals surface area (Å²) in [5.74, 6) is 0.0327. The average Bonchev–Trinajstić information content (AvgIpc) is 3.20. The van der Waals surface area contributed by atoms with Crippen LogP contribution in [0.2, 0.25) is 0 Å². The van der Waals surface area contributed by atoms with Crippen molar-refractivity contribution in [2.75, 3.05) is 17.5 Å². The van der Waals surface area contributed by atoms with Crippen molar-refractivity contribution in [3.05, 3.63) is 106 Å². The molecule has 0 spiro atoms. The fourth-order valence-electron chi connectivity index (χ4n) is 4.76. The Kier molecular flexibility index (Phi) is 8.98. The molecule has 4 rings (SSSR count). The Bertz CT molecular complexity index is 1650. The minimum atomic E-state index is -4.04. The summed E-state index contributed by atoms with van der Waals surface area (Å²) in [6, 6.07) is 21.5. The van der Waals surface area contributed by atoms with Crippen LogP contribution in [0, 0.1) is 34.6 Å². The van der Waals surface area contributed by atoms with Crippen LogP contribution in [-0.4, -0.2) is 38.3 Å². The Morgan fingerprint density at radius 3 is 2.15 bits per heavy atom. The van der Waals surface area contributed by atoms with Gasteiger partial charge in [0, 0.05) is 22.6 Å². The molecule has 0 saturated carbocycles. The van der Waals surface area contributed by atoms with E-state index < -0.39 is 22.5 Å². The molecule has 0 saturated heterocycles. The molecule has 0 unspecified atom stereocenters. The number of benzene rings is 3. The molecule has 41 heavy (non-hydrogen) atoms. The standard InChI is InChI=1S/C32H36N4O4S/c1-7-40-30-12-10-28(11-13-30)35(41(38,39)31-14-8-22(2)9-15-31)21-32(37)34-33-20-27-19-25(5)36(26(27)6)29-17-23(3)16-24(4)18-29/h8-20H,7,21H2,1-6H3,(H,34,37)/b33-20-. The number of carbonyl (C=O) groups is 1. The number of nitrogens with zero attached hydrogens (tertiary/aromatic N) is 3. The maximum atomic E-state index is 13.6. The van der Waals surface area contributed by atoms with E-state index in [1.165, 1.54) is 23.3 Å². The van der Waals surface area contributed by atoms with Crippen LogP contribution < -0.4 is 14.5 Å². The van der Waals surface area contributed by atoms with Gasteiger partial charge in [0.25, 0.3) is 15.9 Å². The number of rotatable bonds is 10. The summed E-state index contributed by atoms with van der Waals surface area (Å²) in [6.07, 6.45) is 1.58. The van der Waals surface area contributed by atoms with E-state index >= 15 is 0 Å². The van der Waals surface area contributed by atoms with Crippen LogP contribution in [-0.2, 0) is 14.8 Å².